The summed E-state index contributed by atoms with van der Waals surface area (Å²) in [6, 6.07) is 0. The Hall–Kier alpha value is -0.590. The van der Waals surface area contributed by atoms with Crippen LogP contribution in [0.1, 0.15) is 79.6 Å². The molecule has 0 radical (unpaired) electrons. The number of fused-ring (bicyclic) bond motifs is 3. The molecule has 1 heteroatoms. The predicted molar refractivity (Wildman–Crippen MR) is 97.2 cm³/mol. The summed E-state index contributed by atoms with van der Waals surface area (Å²) in [5.74, 6) is 3.65. The standard InChI is InChI=1S/C22H36O/c1-6-16-10-11-22(5)17(12-16)8-9-18-19(7-2)21(4,14-23)13-15(3)20(18)22/h8,14-16,18-20H,6-7,9-13H2,1-5H3/t15-,16-,18?,19?,20?,21+,22-/m0/s1. The molecule has 0 amide bonds. The van der Waals surface area contributed by atoms with Crippen LogP contribution < -0.4 is 0 Å². The highest BCUT2D eigenvalue weighted by Gasteiger charge is 2.56. The summed E-state index contributed by atoms with van der Waals surface area (Å²) in [5.41, 5.74) is 2.08. The van der Waals surface area contributed by atoms with Crippen LogP contribution in [0.15, 0.2) is 11.6 Å². The van der Waals surface area contributed by atoms with Crippen molar-refractivity contribution in [2.75, 3.05) is 0 Å². The van der Waals surface area contributed by atoms with Gasteiger partial charge in [0.2, 0.25) is 0 Å². The molecule has 3 aliphatic carbocycles. The lowest BCUT2D eigenvalue weighted by Gasteiger charge is -2.60. The topological polar surface area (TPSA) is 17.1 Å². The van der Waals surface area contributed by atoms with E-state index in [4.69, 9.17) is 0 Å². The number of carbonyl (C=O) groups excluding carboxylic acids is 1. The van der Waals surface area contributed by atoms with E-state index in [2.05, 4.69) is 40.7 Å². The monoisotopic (exact) mass is 316 g/mol. The second-order valence-electron chi connectivity index (χ2n) is 9.41. The van der Waals surface area contributed by atoms with Crippen LogP contribution in [0.4, 0.5) is 0 Å². The number of rotatable bonds is 3. The van der Waals surface area contributed by atoms with E-state index >= 15 is 0 Å². The quantitative estimate of drug-likeness (QED) is 0.458. The van der Waals surface area contributed by atoms with Gasteiger partial charge in [-0.1, -0.05) is 59.1 Å². The normalized spacial score (nSPS) is 49.8. The molecule has 0 heterocycles. The van der Waals surface area contributed by atoms with Gasteiger partial charge in [0.15, 0.2) is 0 Å². The summed E-state index contributed by atoms with van der Waals surface area (Å²) in [5, 5.41) is 0. The van der Waals surface area contributed by atoms with Gasteiger partial charge in [-0.15, -0.1) is 0 Å². The smallest absolute Gasteiger partial charge is 0.126 e. The maximum Gasteiger partial charge on any atom is 0.126 e. The van der Waals surface area contributed by atoms with Crippen LogP contribution in [0.2, 0.25) is 0 Å². The largest absolute Gasteiger partial charge is 0.303 e. The van der Waals surface area contributed by atoms with Gasteiger partial charge in [0, 0.05) is 5.41 Å². The minimum absolute atomic E-state index is 0.0995. The number of hydrogen-bond acceptors (Lipinski definition) is 1. The first kappa shape index (κ1) is 17.2. The van der Waals surface area contributed by atoms with E-state index in [1.165, 1.54) is 38.4 Å². The fraction of sp³-hybridized carbons (Fsp3) is 0.864. The molecule has 130 valence electrons. The average molecular weight is 317 g/mol. The third-order valence-electron chi connectivity index (χ3n) is 8.17. The van der Waals surface area contributed by atoms with Gasteiger partial charge in [0.05, 0.1) is 0 Å². The van der Waals surface area contributed by atoms with Crippen molar-refractivity contribution in [3.05, 3.63) is 11.6 Å². The van der Waals surface area contributed by atoms with Crippen LogP contribution in [0, 0.1) is 40.4 Å². The lowest BCUT2D eigenvalue weighted by atomic mass is 9.44. The number of hydrogen-bond donors (Lipinski definition) is 0. The van der Waals surface area contributed by atoms with Gasteiger partial charge in [-0.25, -0.2) is 0 Å². The molecular formula is C22H36O. The van der Waals surface area contributed by atoms with Gasteiger partial charge in [0.1, 0.15) is 6.29 Å². The van der Waals surface area contributed by atoms with Crippen LogP contribution in [-0.2, 0) is 4.79 Å². The highest BCUT2D eigenvalue weighted by Crippen LogP contribution is 2.63. The molecule has 3 unspecified atom stereocenters. The molecule has 0 aromatic rings. The van der Waals surface area contributed by atoms with Gasteiger partial charge in [-0.3, -0.25) is 0 Å². The number of aldehydes is 1. The fourth-order valence-electron chi connectivity index (χ4n) is 7.08. The Morgan fingerprint density at radius 1 is 1.26 bits per heavy atom. The van der Waals surface area contributed by atoms with Crippen molar-refractivity contribution in [3.8, 4) is 0 Å². The summed E-state index contributed by atoms with van der Waals surface area (Å²) >= 11 is 0. The lowest BCUT2D eigenvalue weighted by molar-refractivity contribution is -0.132. The lowest BCUT2D eigenvalue weighted by Crippen LogP contribution is -2.54. The zero-order valence-corrected chi connectivity index (χ0v) is 15.9. The molecule has 0 aliphatic heterocycles. The highest BCUT2D eigenvalue weighted by atomic mass is 16.1. The van der Waals surface area contributed by atoms with Crippen molar-refractivity contribution in [2.45, 2.75) is 79.6 Å². The van der Waals surface area contributed by atoms with E-state index in [1.54, 1.807) is 5.57 Å². The van der Waals surface area contributed by atoms with Gasteiger partial charge >= 0.3 is 0 Å². The third-order valence-corrected chi connectivity index (χ3v) is 8.17. The van der Waals surface area contributed by atoms with E-state index in [9.17, 15) is 4.79 Å². The zero-order valence-electron chi connectivity index (χ0n) is 15.9. The first-order valence-corrected chi connectivity index (χ1v) is 10.1. The van der Waals surface area contributed by atoms with Crippen molar-refractivity contribution in [3.63, 3.8) is 0 Å². The third kappa shape index (κ3) is 2.53. The Morgan fingerprint density at radius 2 is 2.00 bits per heavy atom. The zero-order chi connectivity index (χ0) is 16.8. The molecular weight excluding hydrogens is 280 g/mol. The van der Waals surface area contributed by atoms with Crippen molar-refractivity contribution >= 4 is 6.29 Å². The van der Waals surface area contributed by atoms with Crippen LogP contribution in [-0.4, -0.2) is 6.29 Å². The van der Waals surface area contributed by atoms with Gasteiger partial charge in [0.25, 0.3) is 0 Å². The molecule has 0 saturated heterocycles. The maximum absolute atomic E-state index is 11.9. The molecule has 2 fully saturated rings. The van der Waals surface area contributed by atoms with E-state index in [0.29, 0.717) is 23.2 Å². The Labute approximate surface area is 143 Å². The second kappa shape index (κ2) is 6.05. The van der Waals surface area contributed by atoms with Gasteiger partial charge in [-0.05, 0) is 67.1 Å². The summed E-state index contributed by atoms with van der Waals surface area (Å²) in [6.07, 6.45) is 12.8. The molecule has 0 aromatic heterocycles. The minimum Gasteiger partial charge on any atom is -0.303 e. The highest BCUT2D eigenvalue weighted by molar-refractivity contribution is 5.60. The summed E-state index contributed by atoms with van der Waals surface area (Å²) < 4.78 is 0. The van der Waals surface area contributed by atoms with Crippen molar-refractivity contribution in [1.82, 2.24) is 0 Å². The average Bonchev–Trinajstić information content (AvgIpc) is 2.53. The van der Waals surface area contributed by atoms with Crippen LogP contribution >= 0.6 is 0 Å². The summed E-state index contributed by atoms with van der Waals surface area (Å²) in [6.45, 7) is 11.9. The van der Waals surface area contributed by atoms with Gasteiger partial charge < -0.3 is 4.79 Å². The minimum atomic E-state index is -0.0995. The first-order valence-electron chi connectivity index (χ1n) is 10.1. The second-order valence-corrected chi connectivity index (χ2v) is 9.41. The van der Waals surface area contributed by atoms with Crippen LogP contribution in [0.3, 0.4) is 0 Å². The first-order chi connectivity index (χ1) is 10.9. The number of carbonyl (C=O) groups is 1. The van der Waals surface area contributed by atoms with Crippen LogP contribution in [0.25, 0.3) is 0 Å². The molecule has 3 rings (SSSR count). The fourth-order valence-corrected chi connectivity index (χ4v) is 7.08. The Bertz CT molecular complexity index is 492. The van der Waals surface area contributed by atoms with Crippen molar-refractivity contribution < 1.29 is 4.79 Å². The molecule has 0 aromatic carbocycles. The Balaban J connectivity index is 1.97. The van der Waals surface area contributed by atoms with E-state index < -0.39 is 0 Å². The van der Waals surface area contributed by atoms with E-state index in [1.807, 2.05) is 0 Å². The molecule has 23 heavy (non-hydrogen) atoms. The van der Waals surface area contributed by atoms with E-state index in [0.717, 1.165) is 24.7 Å². The number of allylic oxidation sites excluding steroid dienone is 2. The molecule has 1 nitrogen and oxygen atoms in total. The Kier molecular flexibility index (Phi) is 4.53. The SMILES string of the molecule is CCC1C2CC=C3C[C@@H](CC)CC[C@]3(C)C2[C@@H](C)C[C@]1(C)C=O. The molecule has 7 atom stereocenters. The molecule has 0 spiro atoms. The van der Waals surface area contributed by atoms with Crippen molar-refractivity contribution in [1.29, 1.82) is 0 Å². The summed E-state index contributed by atoms with van der Waals surface area (Å²) in [7, 11) is 0. The van der Waals surface area contributed by atoms with Gasteiger partial charge in [-0.2, -0.15) is 0 Å². The van der Waals surface area contributed by atoms with E-state index in [-0.39, 0.29) is 5.41 Å². The summed E-state index contributed by atoms with van der Waals surface area (Å²) in [4.78, 5) is 11.9. The molecule has 0 bridgehead atoms. The predicted octanol–water partition coefficient (Wildman–Crippen LogP) is 6.04. The Morgan fingerprint density at radius 3 is 2.61 bits per heavy atom. The maximum atomic E-state index is 11.9. The molecule has 0 N–H and O–H groups in total. The van der Waals surface area contributed by atoms with Crippen molar-refractivity contribution in [2.24, 2.45) is 40.4 Å². The molecule has 3 aliphatic rings. The van der Waals surface area contributed by atoms with Crippen LogP contribution in [0.5, 0.6) is 0 Å². The molecule has 2 saturated carbocycles.